The first-order valence-electron chi connectivity index (χ1n) is 6.35. The van der Waals surface area contributed by atoms with Crippen molar-refractivity contribution in [1.82, 2.24) is 4.57 Å². The largest absolute Gasteiger partial charge is 0.310 e. The zero-order chi connectivity index (χ0) is 15.3. The Morgan fingerprint density at radius 3 is 2.35 bits per heavy atom. The predicted octanol–water partition coefficient (Wildman–Crippen LogP) is 3.31. The lowest BCUT2D eigenvalue weighted by Gasteiger charge is -2.05. The van der Waals surface area contributed by atoms with Gasteiger partial charge >= 0.3 is 0 Å². The van der Waals surface area contributed by atoms with Gasteiger partial charge in [-0.2, -0.15) is 0 Å². The molecule has 0 spiro atoms. The van der Waals surface area contributed by atoms with Gasteiger partial charge in [-0.1, -0.05) is 29.5 Å². The fourth-order valence-corrected chi connectivity index (χ4v) is 2.36. The molecule has 1 heteroatoms. The maximum atomic E-state index is 4.15. The van der Waals surface area contributed by atoms with Crippen molar-refractivity contribution in [3.8, 4) is 0 Å². The number of hydrogen-bond acceptors (Lipinski definition) is 0. The Morgan fingerprint density at radius 2 is 1.85 bits per heavy atom. The minimum atomic E-state index is 0.839. The number of nitrogens with zero attached hydrogens (tertiary/aromatic N) is 1. The molecule has 1 aromatic rings. The molecule has 0 saturated heterocycles. The molecule has 0 aliphatic rings. The summed E-state index contributed by atoms with van der Waals surface area (Å²) in [6, 6.07) is 0. The van der Waals surface area contributed by atoms with Gasteiger partial charge in [0.15, 0.2) is 0 Å². The average Bonchev–Trinajstić information content (AvgIpc) is 2.62. The third-order valence-corrected chi connectivity index (χ3v) is 3.06. The van der Waals surface area contributed by atoms with Gasteiger partial charge in [0.05, 0.1) is 16.3 Å². The van der Waals surface area contributed by atoms with Gasteiger partial charge in [-0.15, -0.1) is 5.73 Å². The van der Waals surface area contributed by atoms with Crippen LogP contribution >= 0.6 is 0 Å². The summed E-state index contributed by atoms with van der Waals surface area (Å²) in [5.41, 5.74) is 18.6. The standard InChI is InChI=1S/C19H19N/c1-8-11-14(4)19-17(7)20(15(5)12-9-2)16(6)18(19)13-10-3/h9H,1,3,6H2,2,4-5,7H3. The van der Waals surface area contributed by atoms with Crippen LogP contribution in [0.3, 0.4) is 0 Å². The highest BCUT2D eigenvalue weighted by Gasteiger charge is 2.12. The van der Waals surface area contributed by atoms with E-state index in [4.69, 9.17) is 0 Å². The van der Waals surface area contributed by atoms with Gasteiger partial charge in [0, 0.05) is 16.8 Å². The topological polar surface area (TPSA) is 4.93 Å². The zero-order valence-electron chi connectivity index (χ0n) is 12.6. The van der Waals surface area contributed by atoms with Crippen LogP contribution in [0.25, 0.3) is 23.6 Å². The van der Waals surface area contributed by atoms with Crippen LogP contribution in [0.4, 0.5) is 0 Å². The Hall–Kier alpha value is -2.60. The summed E-state index contributed by atoms with van der Waals surface area (Å²) in [6.07, 6.45) is 1.88. The molecule has 0 saturated carbocycles. The van der Waals surface area contributed by atoms with Gasteiger partial charge in [-0.25, -0.2) is 0 Å². The summed E-state index contributed by atoms with van der Waals surface area (Å²) in [6.45, 7) is 19.3. The Bertz CT molecular complexity index is 857. The van der Waals surface area contributed by atoms with E-state index in [1.165, 1.54) is 0 Å². The Kier molecular flexibility index (Phi) is 5.05. The molecule has 1 nitrogen and oxygen atoms in total. The van der Waals surface area contributed by atoms with Crippen molar-refractivity contribution in [3.63, 3.8) is 0 Å². The smallest absolute Gasteiger partial charge is 0.0618 e. The molecule has 100 valence electrons. The van der Waals surface area contributed by atoms with Gasteiger partial charge in [-0.3, -0.25) is 0 Å². The van der Waals surface area contributed by atoms with Crippen LogP contribution in [0.5, 0.6) is 0 Å². The third kappa shape index (κ3) is 2.70. The molecule has 0 aliphatic heterocycles. The second kappa shape index (κ2) is 6.53. The van der Waals surface area contributed by atoms with Gasteiger partial charge in [0.25, 0.3) is 0 Å². The molecule has 0 aromatic carbocycles. The van der Waals surface area contributed by atoms with E-state index in [1.54, 1.807) is 0 Å². The maximum absolute atomic E-state index is 4.15. The van der Waals surface area contributed by atoms with Crippen LogP contribution < -0.4 is 10.6 Å². The van der Waals surface area contributed by atoms with Crippen molar-refractivity contribution in [1.29, 1.82) is 0 Å². The van der Waals surface area contributed by atoms with Crippen molar-refractivity contribution in [2.24, 2.45) is 0 Å². The molecule has 0 aliphatic carbocycles. The van der Waals surface area contributed by atoms with E-state index in [-0.39, 0.29) is 0 Å². The van der Waals surface area contributed by atoms with Crippen molar-refractivity contribution >= 4 is 23.6 Å². The van der Waals surface area contributed by atoms with Crippen LogP contribution in [-0.4, -0.2) is 4.57 Å². The van der Waals surface area contributed by atoms with E-state index < -0.39 is 0 Å². The second-order valence-electron chi connectivity index (χ2n) is 4.36. The predicted molar refractivity (Wildman–Crippen MR) is 87.4 cm³/mol. The summed E-state index contributed by atoms with van der Waals surface area (Å²) in [7, 11) is 0. The quantitative estimate of drug-likeness (QED) is 0.720. The Morgan fingerprint density at radius 1 is 1.20 bits per heavy atom. The molecule has 1 aromatic heterocycles. The molecule has 0 radical (unpaired) electrons. The summed E-state index contributed by atoms with van der Waals surface area (Å²) < 4.78 is 2.04. The van der Waals surface area contributed by atoms with E-state index >= 15 is 0 Å². The van der Waals surface area contributed by atoms with E-state index in [2.05, 4.69) is 48.4 Å². The minimum absolute atomic E-state index is 0.839. The van der Waals surface area contributed by atoms with Crippen LogP contribution in [-0.2, 0) is 0 Å². The van der Waals surface area contributed by atoms with Crippen LogP contribution in [0.1, 0.15) is 32.0 Å². The van der Waals surface area contributed by atoms with Crippen molar-refractivity contribution in [3.05, 3.63) is 64.0 Å². The number of aromatic nitrogens is 1. The SMILES string of the molecule is C=C=C=C(C)c1c(C)n(C(C)=C=CC)c(=C)c1=C=C=C. The molecule has 0 atom stereocenters. The van der Waals surface area contributed by atoms with Gasteiger partial charge < -0.3 is 4.57 Å². The lowest BCUT2D eigenvalue weighted by atomic mass is 10.1. The highest BCUT2D eigenvalue weighted by molar-refractivity contribution is 5.68. The normalized spacial score (nSPS) is 8.60. The van der Waals surface area contributed by atoms with E-state index in [0.717, 1.165) is 33.1 Å². The Balaban J connectivity index is 4.16. The van der Waals surface area contributed by atoms with Gasteiger partial charge in [0.2, 0.25) is 0 Å². The highest BCUT2D eigenvalue weighted by Crippen LogP contribution is 2.14. The first-order valence-corrected chi connectivity index (χ1v) is 6.35. The van der Waals surface area contributed by atoms with Crippen LogP contribution in [0, 0.1) is 6.92 Å². The van der Waals surface area contributed by atoms with Crippen molar-refractivity contribution in [2.75, 3.05) is 0 Å². The molecular weight excluding hydrogens is 242 g/mol. The molecule has 0 fully saturated rings. The van der Waals surface area contributed by atoms with Gasteiger partial charge in [-0.05, 0) is 46.9 Å². The molecule has 0 unspecified atom stereocenters. The Labute approximate surface area is 120 Å². The van der Waals surface area contributed by atoms with Crippen LogP contribution in [0.15, 0.2) is 42.2 Å². The molecule has 1 heterocycles. The maximum Gasteiger partial charge on any atom is 0.0618 e. The zero-order valence-corrected chi connectivity index (χ0v) is 12.6. The summed E-state index contributed by atoms with van der Waals surface area (Å²) >= 11 is 0. The monoisotopic (exact) mass is 261 g/mol. The van der Waals surface area contributed by atoms with E-state index in [1.807, 2.05) is 38.3 Å². The van der Waals surface area contributed by atoms with E-state index in [0.29, 0.717) is 0 Å². The van der Waals surface area contributed by atoms with Crippen LogP contribution in [0.2, 0.25) is 0 Å². The second-order valence-corrected chi connectivity index (χ2v) is 4.36. The number of allylic oxidation sites excluding steroid dienone is 2. The molecule has 0 bridgehead atoms. The first kappa shape index (κ1) is 15.5. The fourth-order valence-electron chi connectivity index (χ4n) is 2.36. The highest BCUT2D eigenvalue weighted by atomic mass is 15.0. The number of hydrogen-bond donors (Lipinski definition) is 0. The molecule has 0 N–H and O–H groups in total. The molecule has 1 rings (SSSR count). The molecular formula is C19H19N. The van der Waals surface area contributed by atoms with Crippen molar-refractivity contribution < 1.29 is 0 Å². The number of rotatable bonds is 2. The minimum Gasteiger partial charge on any atom is -0.310 e. The lowest BCUT2D eigenvalue weighted by Crippen LogP contribution is -2.27. The third-order valence-electron chi connectivity index (χ3n) is 3.06. The molecule has 20 heavy (non-hydrogen) atoms. The first-order chi connectivity index (χ1) is 9.49. The average molecular weight is 261 g/mol. The fraction of sp³-hybridized carbons (Fsp3) is 0.211. The summed E-state index contributed by atoms with van der Waals surface area (Å²) in [5.74, 6) is 0. The summed E-state index contributed by atoms with van der Waals surface area (Å²) in [4.78, 5) is 0. The summed E-state index contributed by atoms with van der Waals surface area (Å²) in [5, 5.41) is 1.71. The van der Waals surface area contributed by atoms with E-state index in [9.17, 15) is 0 Å². The van der Waals surface area contributed by atoms with Gasteiger partial charge in [0.1, 0.15) is 0 Å². The molecule has 0 amide bonds. The van der Waals surface area contributed by atoms with Crippen molar-refractivity contribution in [2.45, 2.75) is 27.7 Å². The lowest BCUT2D eigenvalue weighted by molar-refractivity contribution is 0.995.